The maximum atomic E-state index is 12.9. The molecule has 21 heavy (non-hydrogen) atoms. The predicted octanol–water partition coefficient (Wildman–Crippen LogP) is 5.12. The van der Waals surface area contributed by atoms with Gasteiger partial charge in [-0.25, -0.2) is 13.8 Å². The molecule has 0 atom stereocenters. The van der Waals surface area contributed by atoms with Crippen LogP contribution in [0.2, 0.25) is 4.47 Å². The van der Waals surface area contributed by atoms with E-state index in [2.05, 4.69) is 4.98 Å². The molecule has 0 aliphatic heterocycles. The van der Waals surface area contributed by atoms with Gasteiger partial charge in [0.1, 0.15) is 10.6 Å². The van der Waals surface area contributed by atoms with Gasteiger partial charge in [0.05, 0.1) is 0 Å². The van der Waals surface area contributed by atoms with Crippen molar-refractivity contribution in [1.29, 1.82) is 0 Å². The Morgan fingerprint density at radius 2 is 1.86 bits per heavy atom. The van der Waals surface area contributed by atoms with Crippen molar-refractivity contribution in [2.45, 2.75) is 6.43 Å². The zero-order chi connectivity index (χ0) is 15.0. The summed E-state index contributed by atoms with van der Waals surface area (Å²) < 4.78 is 25.7. The minimum absolute atomic E-state index is 0.0607. The first-order valence-corrected chi connectivity index (χ1v) is 7.23. The van der Waals surface area contributed by atoms with E-state index in [0.29, 0.717) is 5.56 Å². The third-order valence-electron chi connectivity index (χ3n) is 3.05. The number of alkyl halides is 2. The lowest BCUT2D eigenvalue weighted by molar-refractivity contribution is 0.102. The maximum Gasteiger partial charge on any atom is 0.282 e. The molecule has 0 bridgehead atoms. The number of ketones is 1. The summed E-state index contributed by atoms with van der Waals surface area (Å²) >= 11 is 6.43. The van der Waals surface area contributed by atoms with Crippen molar-refractivity contribution in [3.63, 3.8) is 0 Å². The number of carbonyl (C=O) groups is 1. The molecule has 3 rings (SSSR count). The number of rotatable bonds is 3. The smallest absolute Gasteiger partial charge is 0.282 e. The summed E-state index contributed by atoms with van der Waals surface area (Å²) in [6.07, 6.45) is -2.83. The standard InChI is InChI=1S/C15H8ClF2NOS/c16-15-19-11(14(17)18)13(21-15)12(20)10-6-5-8-3-1-2-4-9(8)7-10/h1-7,14H. The van der Waals surface area contributed by atoms with Crippen molar-refractivity contribution in [3.05, 3.63) is 63.1 Å². The van der Waals surface area contributed by atoms with Crippen LogP contribution in [0.5, 0.6) is 0 Å². The van der Waals surface area contributed by atoms with Gasteiger partial charge in [0, 0.05) is 5.56 Å². The van der Waals surface area contributed by atoms with E-state index in [9.17, 15) is 13.6 Å². The second kappa shape index (κ2) is 5.50. The molecule has 0 unspecified atom stereocenters. The third-order valence-corrected chi connectivity index (χ3v) is 4.23. The van der Waals surface area contributed by atoms with Crippen LogP contribution in [-0.2, 0) is 0 Å². The first-order valence-electron chi connectivity index (χ1n) is 6.04. The van der Waals surface area contributed by atoms with Crippen LogP contribution in [0.15, 0.2) is 42.5 Å². The summed E-state index contributed by atoms with van der Waals surface area (Å²) in [7, 11) is 0. The lowest BCUT2D eigenvalue weighted by atomic mass is 10.0. The number of thiazole rings is 1. The quantitative estimate of drug-likeness (QED) is 0.626. The Bertz CT molecular complexity index is 831. The maximum absolute atomic E-state index is 12.9. The van der Waals surface area contributed by atoms with E-state index < -0.39 is 17.9 Å². The van der Waals surface area contributed by atoms with Gasteiger partial charge >= 0.3 is 0 Å². The summed E-state index contributed by atoms with van der Waals surface area (Å²) in [6, 6.07) is 12.6. The molecule has 0 saturated heterocycles. The van der Waals surface area contributed by atoms with E-state index in [1.165, 1.54) is 0 Å². The summed E-state index contributed by atoms with van der Waals surface area (Å²) in [5, 5.41) is 1.85. The molecule has 0 N–H and O–H groups in total. The summed E-state index contributed by atoms with van der Waals surface area (Å²) in [5.41, 5.74) is -0.209. The average molecular weight is 324 g/mol. The molecule has 6 heteroatoms. The molecule has 0 saturated carbocycles. The summed E-state index contributed by atoms with van der Waals surface area (Å²) in [6.45, 7) is 0. The van der Waals surface area contributed by atoms with Crippen molar-refractivity contribution in [2.24, 2.45) is 0 Å². The molecule has 0 spiro atoms. The van der Waals surface area contributed by atoms with Gasteiger partial charge < -0.3 is 0 Å². The number of nitrogens with zero attached hydrogens (tertiary/aromatic N) is 1. The lowest BCUT2D eigenvalue weighted by Crippen LogP contribution is -2.03. The number of aromatic nitrogens is 1. The molecule has 0 aliphatic carbocycles. The molecule has 1 heterocycles. The number of benzene rings is 2. The van der Waals surface area contributed by atoms with Crippen LogP contribution in [0.1, 0.15) is 27.4 Å². The van der Waals surface area contributed by atoms with Crippen molar-refractivity contribution < 1.29 is 13.6 Å². The third kappa shape index (κ3) is 2.66. The van der Waals surface area contributed by atoms with Gasteiger partial charge in [-0.05, 0) is 16.8 Å². The van der Waals surface area contributed by atoms with Gasteiger partial charge in [-0.3, -0.25) is 4.79 Å². The van der Waals surface area contributed by atoms with Crippen molar-refractivity contribution in [2.75, 3.05) is 0 Å². The van der Waals surface area contributed by atoms with Crippen molar-refractivity contribution >= 4 is 39.5 Å². The molecule has 2 aromatic carbocycles. The van der Waals surface area contributed by atoms with Crippen LogP contribution in [0.3, 0.4) is 0 Å². The second-order valence-corrected chi connectivity index (χ2v) is 5.95. The van der Waals surface area contributed by atoms with Gasteiger partial charge in [0.25, 0.3) is 6.43 Å². The van der Waals surface area contributed by atoms with Crippen LogP contribution >= 0.6 is 22.9 Å². The van der Waals surface area contributed by atoms with Crippen LogP contribution in [-0.4, -0.2) is 10.8 Å². The lowest BCUT2D eigenvalue weighted by Gasteiger charge is -2.03. The minimum atomic E-state index is -2.83. The summed E-state index contributed by atoms with van der Waals surface area (Å²) in [4.78, 5) is 15.8. The van der Waals surface area contributed by atoms with Gasteiger partial charge in [-0.1, -0.05) is 59.3 Å². The molecule has 0 amide bonds. The van der Waals surface area contributed by atoms with Crippen LogP contribution < -0.4 is 0 Å². The fourth-order valence-corrected chi connectivity index (χ4v) is 3.16. The topological polar surface area (TPSA) is 30.0 Å². The highest BCUT2D eigenvalue weighted by molar-refractivity contribution is 7.17. The fraction of sp³-hybridized carbons (Fsp3) is 0.0667. The van der Waals surface area contributed by atoms with E-state index in [1.807, 2.05) is 24.3 Å². The molecule has 2 nitrogen and oxygen atoms in total. The Balaban J connectivity index is 2.08. The minimum Gasteiger partial charge on any atom is -0.288 e. The van der Waals surface area contributed by atoms with Gasteiger partial charge in [-0.15, -0.1) is 0 Å². The van der Waals surface area contributed by atoms with Gasteiger partial charge in [0.15, 0.2) is 4.47 Å². The van der Waals surface area contributed by atoms with E-state index in [-0.39, 0.29) is 9.34 Å². The fourth-order valence-electron chi connectivity index (χ4n) is 2.08. The number of hydrogen-bond acceptors (Lipinski definition) is 3. The number of hydrogen-bond donors (Lipinski definition) is 0. The Kier molecular flexibility index (Phi) is 3.69. The normalized spacial score (nSPS) is 11.2. The molecule has 0 aliphatic rings. The highest BCUT2D eigenvalue weighted by Gasteiger charge is 2.25. The Morgan fingerprint density at radius 3 is 2.57 bits per heavy atom. The molecule has 0 radical (unpaired) electrons. The first kappa shape index (κ1) is 14.1. The van der Waals surface area contributed by atoms with Gasteiger partial charge in [0.2, 0.25) is 5.78 Å². The van der Waals surface area contributed by atoms with Crippen LogP contribution in [0.25, 0.3) is 10.8 Å². The predicted molar refractivity (Wildman–Crippen MR) is 79.5 cm³/mol. The molecule has 3 aromatic rings. The zero-order valence-corrected chi connectivity index (χ0v) is 12.1. The molecular weight excluding hydrogens is 316 g/mol. The number of fused-ring (bicyclic) bond motifs is 1. The zero-order valence-electron chi connectivity index (χ0n) is 10.5. The monoisotopic (exact) mass is 323 g/mol. The molecule has 1 aromatic heterocycles. The second-order valence-electron chi connectivity index (χ2n) is 4.37. The largest absolute Gasteiger partial charge is 0.288 e. The van der Waals surface area contributed by atoms with Crippen LogP contribution in [0, 0.1) is 0 Å². The average Bonchev–Trinajstić information content (AvgIpc) is 2.88. The number of carbonyl (C=O) groups excluding carboxylic acids is 1. The molecule has 106 valence electrons. The molecular formula is C15H8ClF2NOS. The molecule has 0 fully saturated rings. The Hall–Kier alpha value is -1.85. The van der Waals surface area contributed by atoms with E-state index in [4.69, 9.17) is 11.6 Å². The number of halogens is 3. The highest BCUT2D eigenvalue weighted by Crippen LogP contribution is 2.32. The Labute approximate surface area is 128 Å². The SMILES string of the molecule is O=C(c1ccc2ccccc2c1)c1sc(Cl)nc1C(F)F. The van der Waals surface area contributed by atoms with Crippen LogP contribution in [0.4, 0.5) is 8.78 Å². The van der Waals surface area contributed by atoms with E-state index in [0.717, 1.165) is 22.1 Å². The van der Waals surface area contributed by atoms with Crippen molar-refractivity contribution in [3.8, 4) is 0 Å². The van der Waals surface area contributed by atoms with Crippen molar-refractivity contribution in [1.82, 2.24) is 4.98 Å². The van der Waals surface area contributed by atoms with E-state index >= 15 is 0 Å². The summed E-state index contributed by atoms with van der Waals surface area (Å²) in [5.74, 6) is -0.486. The van der Waals surface area contributed by atoms with Gasteiger partial charge in [-0.2, -0.15) is 0 Å². The van der Waals surface area contributed by atoms with E-state index in [1.54, 1.807) is 18.2 Å². The first-order chi connectivity index (χ1) is 10.1. The highest BCUT2D eigenvalue weighted by atomic mass is 35.5. The Morgan fingerprint density at radius 1 is 1.14 bits per heavy atom.